The normalized spacial score (nSPS) is 11.3. The molecule has 0 saturated heterocycles. The van der Waals surface area contributed by atoms with E-state index in [1.165, 1.54) is 18.2 Å². The van der Waals surface area contributed by atoms with Gasteiger partial charge in [0, 0.05) is 48.0 Å². The Balaban J connectivity index is 1.51. The van der Waals surface area contributed by atoms with E-state index in [0.29, 0.717) is 23.5 Å². The summed E-state index contributed by atoms with van der Waals surface area (Å²) in [4.78, 5) is 39.7. The minimum Gasteiger partial charge on any atom is -0.323 e. The van der Waals surface area contributed by atoms with Gasteiger partial charge in [0.25, 0.3) is 5.91 Å². The third-order valence-electron chi connectivity index (χ3n) is 5.76. The third kappa shape index (κ3) is 7.89. The number of nitrogens with one attached hydrogen (secondary N) is 3. The van der Waals surface area contributed by atoms with Crippen LogP contribution in [0.25, 0.3) is 11.3 Å². The molecule has 3 N–H and O–H groups in total. The summed E-state index contributed by atoms with van der Waals surface area (Å²) in [6.45, 7) is 2.18. The molecule has 0 radical (unpaired) electrons. The van der Waals surface area contributed by atoms with Crippen molar-refractivity contribution in [2.24, 2.45) is 0 Å². The van der Waals surface area contributed by atoms with Crippen LogP contribution in [0.2, 0.25) is 0 Å². The number of hydrogen-bond acceptors (Lipinski definition) is 7. The average molecular weight is 574 g/mol. The summed E-state index contributed by atoms with van der Waals surface area (Å²) in [6.07, 6.45) is 2.79. The number of hydrogen-bond donors (Lipinski definition) is 3. The number of rotatable bonds is 9. The molecule has 4 aromatic rings. The van der Waals surface area contributed by atoms with Crippen molar-refractivity contribution in [3.05, 3.63) is 102 Å². The molecule has 12 heteroatoms. The molecular formula is C30H26F3N7O2. The van der Waals surface area contributed by atoms with Gasteiger partial charge in [-0.3, -0.25) is 14.6 Å². The van der Waals surface area contributed by atoms with E-state index >= 15 is 0 Å². The van der Waals surface area contributed by atoms with Gasteiger partial charge in [0.05, 0.1) is 28.2 Å². The van der Waals surface area contributed by atoms with Gasteiger partial charge in [-0.2, -0.15) is 13.2 Å². The van der Waals surface area contributed by atoms with Crippen molar-refractivity contribution in [2.75, 3.05) is 36.6 Å². The van der Waals surface area contributed by atoms with Crippen molar-refractivity contribution < 1.29 is 22.8 Å². The average Bonchev–Trinajstić information content (AvgIpc) is 2.95. The fraction of sp³-hybridized carbons (Fsp3) is 0.167. The molecule has 0 aliphatic rings. The van der Waals surface area contributed by atoms with Gasteiger partial charge >= 0.3 is 6.18 Å². The zero-order chi connectivity index (χ0) is 30.3. The number of aromatic nitrogens is 3. The van der Waals surface area contributed by atoms with Crippen LogP contribution in [0.4, 0.5) is 36.2 Å². The van der Waals surface area contributed by atoms with Crippen molar-refractivity contribution in [3.8, 4) is 11.3 Å². The van der Waals surface area contributed by atoms with E-state index in [-0.39, 0.29) is 17.2 Å². The molecule has 9 nitrogen and oxygen atoms in total. The van der Waals surface area contributed by atoms with E-state index < -0.39 is 29.2 Å². The van der Waals surface area contributed by atoms with Gasteiger partial charge in [0.1, 0.15) is 0 Å². The molecule has 0 saturated carbocycles. The smallest absolute Gasteiger partial charge is 0.323 e. The Bertz CT molecular complexity index is 1610. The fourth-order valence-corrected chi connectivity index (χ4v) is 3.69. The zero-order valence-electron chi connectivity index (χ0n) is 22.9. The first-order valence-electron chi connectivity index (χ1n) is 12.6. The number of likely N-dealkylation sites (N-methyl/N-ethyl adjacent to an activating group) is 1. The molecular weight excluding hydrogens is 547 g/mol. The largest absolute Gasteiger partial charge is 0.418 e. The third-order valence-corrected chi connectivity index (χ3v) is 5.76. The number of alkyl halides is 3. The Hall–Kier alpha value is -5.28. The fourth-order valence-electron chi connectivity index (χ4n) is 3.69. The molecule has 2 aromatic carbocycles. The van der Waals surface area contributed by atoms with Crippen LogP contribution in [0.5, 0.6) is 0 Å². The van der Waals surface area contributed by atoms with Gasteiger partial charge in [-0.1, -0.05) is 18.2 Å². The van der Waals surface area contributed by atoms with E-state index in [0.717, 1.165) is 23.8 Å². The first kappa shape index (κ1) is 29.7. The minimum atomic E-state index is -4.79. The summed E-state index contributed by atoms with van der Waals surface area (Å²) >= 11 is 0. The lowest BCUT2D eigenvalue weighted by atomic mass is 10.1. The van der Waals surface area contributed by atoms with Crippen LogP contribution in [0.3, 0.4) is 0 Å². The quantitative estimate of drug-likeness (QED) is 0.226. The van der Waals surface area contributed by atoms with Crippen LogP contribution in [-0.2, 0) is 11.0 Å². The summed E-state index contributed by atoms with van der Waals surface area (Å²) in [5, 5.41) is 7.74. The lowest BCUT2D eigenvalue weighted by molar-refractivity contribution is -0.136. The Kier molecular flexibility index (Phi) is 9.14. The van der Waals surface area contributed by atoms with Crippen molar-refractivity contribution in [1.82, 2.24) is 19.9 Å². The summed E-state index contributed by atoms with van der Waals surface area (Å²) in [6, 6.07) is 15.5. The molecule has 0 aliphatic carbocycles. The predicted molar refractivity (Wildman–Crippen MR) is 153 cm³/mol. The van der Waals surface area contributed by atoms with E-state index in [1.807, 2.05) is 6.07 Å². The highest BCUT2D eigenvalue weighted by Gasteiger charge is 2.34. The van der Waals surface area contributed by atoms with E-state index in [1.54, 1.807) is 56.6 Å². The second kappa shape index (κ2) is 12.9. The topological polar surface area (TPSA) is 112 Å². The Morgan fingerprint density at radius 1 is 1.02 bits per heavy atom. The molecule has 2 amide bonds. The molecule has 0 fully saturated rings. The Labute approximate surface area is 240 Å². The number of carbonyl (C=O) groups excluding carboxylic acids is 2. The number of halogens is 3. The summed E-state index contributed by atoms with van der Waals surface area (Å²) in [5.74, 6) is -1.16. The highest BCUT2D eigenvalue weighted by molar-refractivity contribution is 6.05. The first-order chi connectivity index (χ1) is 20.0. The maximum atomic E-state index is 13.8. The van der Waals surface area contributed by atoms with Crippen LogP contribution in [0.15, 0.2) is 73.2 Å². The number of benzene rings is 1. The van der Waals surface area contributed by atoms with Gasteiger partial charge in [0.2, 0.25) is 11.9 Å². The minimum absolute atomic E-state index is 0.0171. The highest BCUT2D eigenvalue weighted by atomic mass is 19.4. The van der Waals surface area contributed by atoms with Crippen LogP contribution in [0, 0.1) is 19.1 Å². The monoisotopic (exact) mass is 573 g/mol. The first-order valence-corrected chi connectivity index (χ1v) is 12.6. The number of carbonyl (C=O) groups is 2. The maximum absolute atomic E-state index is 13.8. The molecule has 0 bridgehead atoms. The number of amides is 2. The lowest BCUT2D eigenvalue weighted by Crippen LogP contribution is -2.17. The molecule has 4 rings (SSSR count). The lowest BCUT2D eigenvalue weighted by Gasteiger charge is -2.15. The Morgan fingerprint density at radius 3 is 2.55 bits per heavy atom. The second-order valence-electron chi connectivity index (χ2n) is 9.34. The predicted octanol–water partition coefficient (Wildman–Crippen LogP) is 5.52. The van der Waals surface area contributed by atoms with Gasteiger partial charge in [-0.15, -0.1) is 0 Å². The van der Waals surface area contributed by atoms with E-state index in [4.69, 9.17) is 0 Å². The summed E-state index contributed by atoms with van der Waals surface area (Å²) in [7, 11) is 3.58. The highest BCUT2D eigenvalue weighted by Crippen LogP contribution is 2.37. The van der Waals surface area contributed by atoms with Crippen molar-refractivity contribution >= 4 is 34.8 Å². The summed E-state index contributed by atoms with van der Waals surface area (Å²) in [5.41, 5.74) is 0.842. The standard InChI is InChI=1S/C30H26F3N7O2/c1-19-8-9-20(16-26(19)39-29-35-14-12-24(38-29)21-6-4-13-34-18-21)28(42)36-22-10-11-25(23(17-22)30(31,32)33)37-27(41)7-5-15-40(2)3/h4-7,10-14,16-18H,15H2,1-3H3,(H,36,42)(H,37,41)(H,35,38,39)/b7-5+. The molecule has 214 valence electrons. The number of nitrogens with zero attached hydrogens (tertiary/aromatic N) is 4. The van der Waals surface area contributed by atoms with Gasteiger partial charge in [0.15, 0.2) is 0 Å². The van der Waals surface area contributed by atoms with E-state index in [2.05, 4.69) is 43.0 Å². The van der Waals surface area contributed by atoms with Crippen molar-refractivity contribution in [2.45, 2.75) is 13.1 Å². The number of anilines is 4. The number of pyridine rings is 1. The molecule has 0 spiro atoms. The van der Waals surface area contributed by atoms with Gasteiger partial charge in [-0.25, -0.2) is 9.97 Å². The van der Waals surface area contributed by atoms with Crippen molar-refractivity contribution in [1.29, 1.82) is 0 Å². The molecule has 2 aromatic heterocycles. The Morgan fingerprint density at radius 2 is 1.83 bits per heavy atom. The van der Waals surface area contributed by atoms with Gasteiger partial charge in [-0.05, 0) is 63.5 Å². The summed E-state index contributed by atoms with van der Waals surface area (Å²) < 4.78 is 41.4. The van der Waals surface area contributed by atoms with Crippen LogP contribution in [0.1, 0.15) is 21.5 Å². The van der Waals surface area contributed by atoms with Crippen LogP contribution in [-0.4, -0.2) is 52.3 Å². The van der Waals surface area contributed by atoms with Gasteiger partial charge < -0.3 is 20.9 Å². The molecule has 2 heterocycles. The zero-order valence-corrected chi connectivity index (χ0v) is 22.9. The molecule has 0 unspecified atom stereocenters. The molecule has 0 atom stereocenters. The van der Waals surface area contributed by atoms with Crippen LogP contribution < -0.4 is 16.0 Å². The maximum Gasteiger partial charge on any atom is 0.418 e. The molecule has 0 aliphatic heterocycles. The van der Waals surface area contributed by atoms with Crippen LogP contribution >= 0.6 is 0 Å². The van der Waals surface area contributed by atoms with E-state index in [9.17, 15) is 22.8 Å². The second-order valence-corrected chi connectivity index (χ2v) is 9.34. The van der Waals surface area contributed by atoms with Crippen molar-refractivity contribution in [3.63, 3.8) is 0 Å². The SMILES string of the molecule is Cc1c#cc(C(=O)Nc2ccc(NC(=O)/C=C/CN(C)C)c(C(F)(F)F)c2)cc1Nc1nccc(-c2cccnc2)n1. The molecule has 42 heavy (non-hydrogen) atoms.